The van der Waals surface area contributed by atoms with E-state index in [1.54, 1.807) is 0 Å². The second-order valence-electron chi connectivity index (χ2n) is 8.96. The van der Waals surface area contributed by atoms with Crippen molar-refractivity contribution in [3.05, 3.63) is 95.4 Å². The van der Waals surface area contributed by atoms with Crippen LogP contribution in [0.25, 0.3) is 33.5 Å². The van der Waals surface area contributed by atoms with Crippen molar-refractivity contribution in [1.82, 2.24) is 4.98 Å². The van der Waals surface area contributed by atoms with Gasteiger partial charge in [-0.3, -0.25) is 4.98 Å². The van der Waals surface area contributed by atoms with E-state index in [1.807, 2.05) is 0 Å². The van der Waals surface area contributed by atoms with Crippen LogP contribution in [0.5, 0.6) is 0 Å². The highest BCUT2D eigenvalue weighted by atomic mass is 14.9. The van der Waals surface area contributed by atoms with E-state index in [-0.39, 0.29) is 5.41 Å². The summed E-state index contributed by atoms with van der Waals surface area (Å²) in [6, 6.07) is 24.2. The van der Waals surface area contributed by atoms with Gasteiger partial charge >= 0.3 is 0 Å². The Bertz CT molecular complexity index is 1280. The van der Waals surface area contributed by atoms with E-state index in [0.29, 0.717) is 0 Å². The van der Waals surface area contributed by atoms with Crippen molar-refractivity contribution >= 4 is 0 Å². The first kappa shape index (κ1) is 18.7. The van der Waals surface area contributed by atoms with Gasteiger partial charge in [-0.15, -0.1) is 0 Å². The minimum atomic E-state index is -0.0753. The molecule has 1 aliphatic carbocycles. The lowest BCUT2D eigenvalue weighted by molar-refractivity contribution is -0.660. The van der Waals surface area contributed by atoms with Crippen LogP contribution < -0.4 is 4.57 Å². The summed E-state index contributed by atoms with van der Waals surface area (Å²) in [5.74, 6) is 0. The Morgan fingerprint density at radius 1 is 0.767 bits per heavy atom. The SMILES string of the molecule is Cc1ccc2c(n1)C(C)(C)c1cc(C)c(-c3cc(-c4ccccc4)cc[n+]3C)cc1-2. The highest BCUT2D eigenvalue weighted by molar-refractivity contribution is 5.84. The number of rotatable bonds is 2. The quantitative estimate of drug-likeness (QED) is 0.374. The van der Waals surface area contributed by atoms with Crippen molar-refractivity contribution in [2.45, 2.75) is 33.1 Å². The summed E-state index contributed by atoms with van der Waals surface area (Å²) in [6.45, 7) is 8.88. The summed E-state index contributed by atoms with van der Waals surface area (Å²) in [7, 11) is 2.12. The molecule has 0 saturated carbocycles. The second-order valence-corrected chi connectivity index (χ2v) is 8.96. The van der Waals surface area contributed by atoms with Gasteiger partial charge in [0, 0.05) is 34.4 Å². The van der Waals surface area contributed by atoms with Crippen molar-refractivity contribution in [3.8, 4) is 33.5 Å². The van der Waals surface area contributed by atoms with Gasteiger partial charge in [-0.25, -0.2) is 4.57 Å². The molecule has 2 aromatic heterocycles. The molecule has 2 aromatic carbocycles. The lowest BCUT2D eigenvalue weighted by Crippen LogP contribution is -2.30. The fourth-order valence-electron chi connectivity index (χ4n) is 4.75. The Balaban J connectivity index is 1.72. The van der Waals surface area contributed by atoms with E-state index in [1.165, 1.54) is 50.3 Å². The number of fused-ring (bicyclic) bond motifs is 3. The lowest BCUT2D eigenvalue weighted by atomic mass is 9.83. The average molecular weight is 392 g/mol. The molecule has 30 heavy (non-hydrogen) atoms. The second kappa shape index (κ2) is 6.63. The summed E-state index contributed by atoms with van der Waals surface area (Å²) in [6.07, 6.45) is 2.16. The van der Waals surface area contributed by atoms with Crippen LogP contribution >= 0.6 is 0 Å². The van der Waals surface area contributed by atoms with Gasteiger partial charge in [-0.05, 0) is 53.8 Å². The highest BCUT2D eigenvalue weighted by Crippen LogP contribution is 2.49. The molecular formula is C28H27N2+. The van der Waals surface area contributed by atoms with Crippen LogP contribution in [-0.4, -0.2) is 4.98 Å². The van der Waals surface area contributed by atoms with E-state index in [2.05, 4.69) is 112 Å². The van der Waals surface area contributed by atoms with Gasteiger partial charge in [0.2, 0.25) is 5.69 Å². The Morgan fingerprint density at radius 3 is 2.30 bits per heavy atom. The summed E-state index contributed by atoms with van der Waals surface area (Å²) in [5, 5.41) is 0. The monoisotopic (exact) mass is 391 g/mol. The molecule has 0 saturated heterocycles. The van der Waals surface area contributed by atoms with Gasteiger partial charge in [0.1, 0.15) is 7.05 Å². The molecule has 148 valence electrons. The van der Waals surface area contributed by atoms with Crippen molar-refractivity contribution in [3.63, 3.8) is 0 Å². The van der Waals surface area contributed by atoms with Gasteiger partial charge in [0.25, 0.3) is 0 Å². The van der Waals surface area contributed by atoms with E-state index in [9.17, 15) is 0 Å². The van der Waals surface area contributed by atoms with Gasteiger partial charge in [0.05, 0.1) is 5.69 Å². The topological polar surface area (TPSA) is 16.8 Å². The smallest absolute Gasteiger partial charge is 0.213 e. The molecule has 2 heteroatoms. The summed E-state index contributed by atoms with van der Waals surface area (Å²) >= 11 is 0. The largest absolute Gasteiger partial charge is 0.257 e. The highest BCUT2D eigenvalue weighted by Gasteiger charge is 2.38. The minimum Gasteiger partial charge on any atom is -0.257 e. The minimum absolute atomic E-state index is 0.0753. The maximum absolute atomic E-state index is 4.92. The van der Waals surface area contributed by atoms with E-state index >= 15 is 0 Å². The number of hydrogen-bond acceptors (Lipinski definition) is 1. The molecule has 0 unspecified atom stereocenters. The normalized spacial score (nSPS) is 13.8. The number of hydrogen-bond donors (Lipinski definition) is 0. The molecule has 0 amide bonds. The van der Waals surface area contributed by atoms with Gasteiger partial charge < -0.3 is 0 Å². The zero-order chi connectivity index (χ0) is 21.0. The van der Waals surface area contributed by atoms with Crippen LogP contribution in [0, 0.1) is 13.8 Å². The summed E-state index contributed by atoms with van der Waals surface area (Å²) in [4.78, 5) is 4.92. The number of benzene rings is 2. The van der Waals surface area contributed by atoms with E-state index in [0.717, 1.165) is 5.69 Å². The molecule has 0 fully saturated rings. The van der Waals surface area contributed by atoms with Gasteiger partial charge in [0.15, 0.2) is 6.20 Å². The number of aromatic nitrogens is 2. The molecule has 2 heterocycles. The third-order valence-electron chi connectivity index (χ3n) is 6.49. The third kappa shape index (κ3) is 2.79. The van der Waals surface area contributed by atoms with Crippen LogP contribution in [0.4, 0.5) is 0 Å². The number of aryl methyl sites for hydroxylation is 3. The Kier molecular flexibility index (Phi) is 4.14. The summed E-state index contributed by atoms with van der Waals surface area (Å²) < 4.78 is 2.22. The van der Waals surface area contributed by atoms with Crippen molar-refractivity contribution in [1.29, 1.82) is 0 Å². The summed E-state index contributed by atoms with van der Waals surface area (Å²) in [5.41, 5.74) is 12.4. The molecular weight excluding hydrogens is 364 g/mol. The molecule has 0 atom stereocenters. The average Bonchev–Trinajstić information content (AvgIpc) is 2.95. The first-order valence-electron chi connectivity index (χ1n) is 10.6. The van der Waals surface area contributed by atoms with Crippen LogP contribution in [-0.2, 0) is 12.5 Å². The number of pyridine rings is 2. The fourth-order valence-corrected chi connectivity index (χ4v) is 4.75. The Labute approximate surface area is 178 Å². The molecule has 0 bridgehead atoms. The number of nitrogens with zero attached hydrogens (tertiary/aromatic N) is 2. The molecule has 0 spiro atoms. The Hall–Kier alpha value is -3.26. The zero-order valence-electron chi connectivity index (χ0n) is 18.3. The van der Waals surface area contributed by atoms with Crippen LogP contribution in [0.1, 0.15) is 36.4 Å². The predicted octanol–water partition coefficient (Wildman–Crippen LogP) is 6.16. The van der Waals surface area contributed by atoms with Gasteiger partial charge in [-0.1, -0.05) is 56.3 Å². The molecule has 0 N–H and O–H groups in total. The standard InChI is InChI=1S/C28H27N2/c1-18-15-25-24(22-12-11-19(2)29-27(22)28(25,3)4)17-23(18)26-16-21(13-14-30(26)5)20-9-7-6-8-10-20/h6-17H,1-5H3/q+1. The van der Waals surface area contributed by atoms with Crippen LogP contribution in [0.15, 0.2) is 72.9 Å². The lowest BCUT2D eigenvalue weighted by Gasteiger charge is -2.21. The molecule has 2 nitrogen and oxygen atoms in total. The van der Waals surface area contributed by atoms with Crippen LogP contribution in [0.3, 0.4) is 0 Å². The van der Waals surface area contributed by atoms with Gasteiger partial charge in [-0.2, -0.15) is 0 Å². The molecule has 4 aromatic rings. The third-order valence-corrected chi connectivity index (χ3v) is 6.49. The fraction of sp³-hybridized carbons (Fsp3) is 0.214. The Morgan fingerprint density at radius 2 is 1.53 bits per heavy atom. The first-order chi connectivity index (χ1) is 14.4. The molecule has 5 rings (SSSR count). The molecule has 0 aliphatic heterocycles. The molecule has 0 radical (unpaired) electrons. The van der Waals surface area contributed by atoms with E-state index < -0.39 is 0 Å². The molecule has 1 aliphatic rings. The van der Waals surface area contributed by atoms with E-state index in [4.69, 9.17) is 4.98 Å². The van der Waals surface area contributed by atoms with Crippen molar-refractivity contribution < 1.29 is 4.57 Å². The first-order valence-corrected chi connectivity index (χ1v) is 10.6. The van der Waals surface area contributed by atoms with Crippen molar-refractivity contribution in [2.24, 2.45) is 7.05 Å². The predicted molar refractivity (Wildman–Crippen MR) is 123 cm³/mol. The zero-order valence-corrected chi connectivity index (χ0v) is 18.3. The maximum atomic E-state index is 4.92. The van der Waals surface area contributed by atoms with Crippen LogP contribution in [0.2, 0.25) is 0 Å². The maximum Gasteiger partial charge on any atom is 0.213 e. The van der Waals surface area contributed by atoms with Crippen molar-refractivity contribution in [2.75, 3.05) is 0 Å².